The lowest BCUT2D eigenvalue weighted by atomic mass is 8.36. The van der Waals surface area contributed by atoms with E-state index < -0.39 is 117 Å². The first-order valence-corrected chi connectivity index (χ1v) is 21.7. The van der Waals surface area contributed by atoms with Crippen LogP contribution in [-0.2, 0) is 17.7 Å². The van der Waals surface area contributed by atoms with Gasteiger partial charge in [0.15, 0.2) is 11.1 Å². The lowest BCUT2D eigenvalue weighted by Crippen LogP contribution is -2.83. The van der Waals surface area contributed by atoms with Gasteiger partial charge in [0.25, 0.3) is 11.8 Å². The van der Waals surface area contributed by atoms with E-state index in [1.165, 1.54) is 6.07 Å². The van der Waals surface area contributed by atoms with Gasteiger partial charge in [-0.15, -0.1) is 0 Å². The number of rotatable bonds is 12. The van der Waals surface area contributed by atoms with Crippen LogP contribution in [0.1, 0.15) is 63.6 Å². The number of alkyl halides is 4. The van der Waals surface area contributed by atoms with Gasteiger partial charge >= 0.3 is 12.1 Å². The molecule has 6 rings (SSSR count). The molecule has 36 heteroatoms. The number of aliphatic hydroxyl groups is 1. The average Bonchev–Trinajstić information content (AvgIpc) is 4.12. The Kier molecular flexibility index (Phi) is 21.0. The summed E-state index contributed by atoms with van der Waals surface area (Å²) in [6.07, 6.45) is -4.97. The first-order valence-electron chi connectivity index (χ1n) is 20.9. The van der Waals surface area contributed by atoms with Crippen molar-refractivity contribution in [3.05, 3.63) is 57.1 Å². The van der Waals surface area contributed by atoms with Gasteiger partial charge in [0.2, 0.25) is 0 Å². The molecule has 2 heterocycles. The molecule has 2 fully saturated rings. The number of fused-ring (bicyclic) bond motifs is 2. The monoisotopic (exact) mass is 954 g/mol. The summed E-state index contributed by atoms with van der Waals surface area (Å²) in [7, 11) is 69.7. The maximum absolute atomic E-state index is 14.4. The maximum Gasteiger partial charge on any atom is 0.320 e. The first kappa shape index (κ1) is 59.9. The fourth-order valence-electron chi connectivity index (χ4n) is 7.96. The smallest absolute Gasteiger partial charge is 0.320 e. The van der Waals surface area contributed by atoms with Crippen LogP contribution in [0.25, 0.3) is 0 Å². The van der Waals surface area contributed by atoms with Crippen molar-refractivity contribution in [2.45, 2.75) is 76.5 Å². The predicted molar refractivity (Wildman–Crippen MR) is 290 cm³/mol. The predicted octanol–water partition coefficient (Wildman–Crippen LogP) is -1.04. The molecule has 2 aliphatic heterocycles. The first-order chi connectivity index (χ1) is 30.9. The molecule has 312 valence electrons. The third kappa shape index (κ3) is 13.9. The van der Waals surface area contributed by atoms with E-state index in [4.69, 9.17) is 98.0 Å². The van der Waals surface area contributed by atoms with Crippen molar-refractivity contribution in [2.24, 2.45) is 11.8 Å². The number of urea groups is 2. The number of carbonyl (C=O) groups is 2. The highest BCUT2D eigenvalue weighted by Crippen LogP contribution is 2.46. The normalized spacial score (nSPS) is 18.6. The Bertz CT molecular complexity index is 2190. The van der Waals surface area contributed by atoms with E-state index in [-0.39, 0.29) is 51.8 Å². The molecule has 7 nitrogen and oxygen atoms in total. The summed E-state index contributed by atoms with van der Waals surface area (Å²) in [4.78, 5) is 23.7. The second-order valence-electron chi connectivity index (χ2n) is 17.3. The summed E-state index contributed by atoms with van der Waals surface area (Å²) in [6, 6.07) is 2.65. The highest BCUT2D eigenvalue weighted by atomic mass is 79.9. The average molecular weight is 951 g/mol. The van der Waals surface area contributed by atoms with Gasteiger partial charge in [-0.2, -0.15) is 0 Å². The molecule has 24 radical (unpaired) electrons. The van der Waals surface area contributed by atoms with Gasteiger partial charge in [0, 0.05) is 205 Å². The Morgan fingerprint density at radius 1 is 0.618 bits per heavy atom. The zero-order chi connectivity index (χ0) is 50.7. The molecular weight excluding hydrogens is 920 g/mol. The van der Waals surface area contributed by atoms with Crippen LogP contribution in [0.2, 0.25) is 0 Å². The molecule has 2 atom stereocenters. The maximum atomic E-state index is 14.4. The summed E-state index contributed by atoms with van der Waals surface area (Å²) < 4.78 is 85.4. The van der Waals surface area contributed by atoms with Crippen LogP contribution in [0.15, 0.2) is 28.7 Å². The van der Waals surface area contributed by atoms with Crippen LogP contribution in [-0.4, -0.2) is 186 Å². The molecule has 4 amide bonds. The van der Waals surface area contributed by atoms with Gasteiger partial charge < -0.3 is 26.4 Å². The minimum atomic E-state index is -3.44. The highest BCUT2D eigenvalue weighted by molar-refractivity contribution is 9.10. The van der Waals surface area contributed by atoms with Crippen LogP contribution >= 0.6 is 15.9 Å². The van der Waals surface area contributed by atoms with Gasteiger partial charge in [0.05, 0.1) is 16.8 Å². The third-order valence-electron chi connectivity index (χ3n) is 11.7. The number of hydrogen-bond donors (Lipinski definition) is 5. The number of carbonyl (C=O) groups excluding carboxylic acids is 2. The Balaban J connectivity index is 0.000000268. The molecule has 0 spiro atoms. The molecule has 5 N–H and O–H groups in total. The number of aliphatic hydroxyl groups excluding tert-OH is 1. The lowest BCUT2D eigenvalue weighted by Gasteiger charge is -2.45. The van der Waals surface area contributed by atoms with Crippen molar-refractivity contribution in [3.8, 4) is 23.7 Å². The van der Waals surface area contributed by atoms with Crippen LogP contribution in [0.3, 0.4) is 0 Å². The molecule has 2 aliphatic carbocycles. The van der Waals surface area contributed by atoms with Gasteiger partial charge in [-0.05, 0) is 65.9 Å². The van der Waals surface area contributed by atoms with Crippen molar-refractivity contribution in [2.75, 3.05) is 10.6 Å². The molecule has 0 saturated heterocycles. The summed E-state index contributed by atoms with van der Waals surface area (Å²) in [5, 5.41) is 18.3. The zero-order valence-electron chi connectivity index (χ0n) is 36.6. The quantitative estimate of drug-likeness (QED) is 0.107. The highest BCUT2D eigenvalue weighted by Gasteiger charge is 2.57. The number of nitrogens with one attached hydrogen (secondary N) is 4. The number of anilines is 2. The Hall–Kier alpha value is -2.45. The number of benzene rings is 2. The van der Waals surface area contributed by atoms with E-state index in [1.807, 2.05) is 0 Å². The third-order valence-corrected chi connectivity index (χ3v) is 12.3. The van der Waals surface area contributed by atoms with Crippen LogP contribution in [0, 0.1) is 47.2 Å². The van der Waals surface area contributed by atoms with Gasteiger partial charge in [-0.3, -0.25) is 0 Å². The second-order valence-corrected chi connectivity index (χ2v) is 18.1. The van der Waals surface area contributed by atoms with Crippen LogP contribution in [0.4, 0.5) is 47.3 Å². The number of hydrogen-bond acceptors (Lipinski definition) is 3. The molecule has 0 aromatic heterocycles. The molecular formula is C32H31B22BrF6N4O3. The van der Waals surface area contributed by atoms with Gasteiger partial charge in [0.1, 0.15) is 11.6 Å². The fraction of sp³-hybridized carbons (Fsp3) is 0.438. The van der Waals surface area contributed by atoms with Crippen LogP contribution in [0.5, 0.6) is 0 Å². The van der Waals surface area contributed by atoms with E-state index in [9.17, 15) is 35.9 Å². The number of halogens is 7. The van der Waals surface area contributed by atoms with E-state index >= 15 is 0 Å². The topological polar surface area (TPSA) is 102 Å². The summed E-state index contributed by atoms with van der Waals surface area (Å²) in [6.45, 7) is 0.706. The minimum Gasteiger partial charge on any atom is -0.392 e. The molecule has 2 aromatic rings. The van der Waals surface area contributed by atoms with Crippen molar-refractivity contribution in [3.63, 3.8) is 0 Å². The van der Waals surface area contributed by atoms with E-state index in [0.717, 1.165) is 43.9 Å². The van der Waals surface area contributed by atoms with Crippen LogP contribution < -0.4 is 21.3 Å². The van der Waals surface area contributed by atoms with Crippen molar-refractivity contribution >= 4 is 196 Å². The summed E-state index contributed by atoms with van der Waals surface area (Å²) in [5.74, 6) is 2.26. The second kappa shape index (κ2) is 23.8. The zero-order valence-corrected chi connectivity index (χ0v) is 38.2. The lowest BCUT2D eigenvalue weighted by molar-refractivity contribution is -0.0468. The van der Waals surface area contributed by atoms with E-state index in [0.29, 0.717) is 13.8 Å². The summed E-state index contributed by atoms with van der Waals surface area (Å²) >= 11 is 2.98. The Labute approximate surface area is 425 Å². The van der Waals surface area contributed by atoms with E-state index in [2.05, 4.69) is 60.9 Å². The van der Waals surface area contributed by atoms with Crippen molar-refractivity contribution in [1.82, 2.24) is 10.6 Å². The minimum absolute atomic E-state index is 0. The molecule has 2 aromatic carbocycles. The molecule has 2 unspecified atom stereocenters. The largest absolute Gasteiger partial charge is 0.392 e. The molecule has 68 heavy (non-hydrogen) atoms. The Morgan fingerprint density at radius 3 is 1.24 bits per heavy atom. The van der Waals surface area contributed by atoms with E-state index in [1.54, 1.807) is 0 Å². The molecule has 2 saturated carbocycles. The van der Waals surface area contributed by atoms with Crippen molar-refractivity contribution < 1.29 is 41.0 Å². The van der Waals surface area contributed by atoms with Gasteiger partial charge in [-0.1, -0.05) is 31.1 Å². The summed E-state index contributed by atoms with van der Waals surface area (Å²) in [5.41, 5.74) is -4.72. The SMILES string of the molecule is C.CC(F)(F)C1(C#CC2CC2)NC(=O)Nc2cc(Br)c(F)cc21.CC(F)(F)C1(C#CC2CC2)NC(=O)Nc2cc(CO)c(F)cc21.[B]B([B])B(B([B])[B])B(B(B([B])[B])B([B])[B])B(B([B])[B])B([B])[B]. The standard InChI is InChI=1S/C16H15F3N2O2.C15H12BrF3N2O.CH4.B22/c1-15(18,19)16(5-4-9-2-3-9)11-7-12(17)10(8-22)6-13(11)20-14(23)21-16;1-14(18,19)15(5-4-8-2-3-8)9-6-11(17)10(16)7-12(9)20-13(22)21-15;;1-13(2)19(14(3)4)22(20(15(5)6)16(7)8)21(17(9)10)18(11)12/h6-7,9,22H,2-3,8H2,1H3,(H2,20,21,23);6-8H,2-3H2,1H3,(H2,20,21,22);1H4;. The van der Waals surface area contributed by atoms with Gasteiger partial charge in [-0.25, -0.2) is 35.9 Å². The molecule has 4 aliphatic rings. The fourth-order valence-corrected chi connectivity index (χ4v) is 8.30. The Morgan fingerprint density at radius 2 is 0.941 bits per heavy atom. The van der Waals surface area contributed by atoms with Crippen molar-refractivity contribution in [1.29, 1.82) is 0 Å². The molecule has 0 bridgehead atoms. The number of amides is 4.